The Kier molecular flexibility index (Phi) is 5.95. The third-order valence-corrected chi connectivity index (χ3v) is 3.95. The molecule has 0 bridgehead atoms. The van der Waals surface area contributed by atoms with Crippen molar-refractivity contribution in [3.05, 3.63) is 33.6 Å². The molecule has 0 saturated carbocycles. The number of benzene rings is 1. The Bertz CT molecular complexity index is 554. The molecule has 8 heteroatoms. The Morgan fingerprint density at radius 2 is 2.19 bits per heavy atom. The number of nitrogens with zero attached hydrogens (tertiary/aromatic N) is 2. The largest absolute Gasteiger partial charge is 0.392 e. The Balaban J connectivity index is 3.12. The molecule has 1 rings (SSSR count). The van der Waals surface area contributed by atoms with E-state index in [1.165, 1.54) is 11.9 Å². The van der Waals surface area contributed by atoms with Crippen LogP contribution in [0.15, 0.2) is 12.1 Å². The van der Waals surface area contributed by atoms with E-state index in [0.717, 1.165) is 24.3 Å². The van der Waals surface area contributed by atoms with E-state index >= 15 is 0 Å². The molecule has 6 nitrogen and oxygen atoms in total. The van der Waals surface area contributed by atoms with Crippen LogP contribution < -0.4 is 5.73 Å². The highest BCUT2D eigenvalue weighted by Gasteiger charge is 2.27. The average molecular weight is 315 g/mol. The van der Waals surface area contributed by atoms with Crippen LogP contribution in [0, 0.1) is 15.9 Å². The number of halogens is 1. The number of amides is 1. The molecule has 0 spiro atoms. The lowest BCUT2D eigenvalue weighted by molar-refractivity contribution is -0.384. The van der Waals surface area contributed by atoms with E-state index in [9.17, 15) is 19.3 Å². The SMILES string of the molecule is CSCCC(C)N(C)C(=O)c1c(F)ccc([N+](=O)[O-])c1N. The molecular weight excluding hydrogens is 297 g/mol. The number of anilines is 1. The Labute approximate surface area is 126 Å². The molecule has 1 aromatic rings. The van der Waals surface area contributed by atoms with E-state index < -0.39 is 33.6 Å². The van der Waals surface area contributed by atoms with Crippen molar-refractivity contribution in [2.75, 3.05) is 24.8 Å². The van der Waals surface area contributed by atoms with Crippen LogP contribution in [0.2, 0.25) is 0 Å². The number of rotatable bonds is 6. The minimum atomic E-state index is -0.855. The maximum absolute atomic E-state index is 13.9. The van der Waals surface area contributed by atoms with Crippen LogP contribution in [-0.2, 0) is 0 Å². The second-order valence-corrected chi connectivity index (χ2v) is 5.64. The Morgan fingerprint density at radius 3 is 2.71 bits per heavy atom. The molecule has 0 aliphatic heterocycles. The maximum atomic E-state index is 13.9. The van der Waals surface area contributed by atoms with Gasteiger partial charge in [0.25, 0.3) is 11.6 Å². The average Bonchev–Trinajstić information content (AvgIpc) is 2.43. The fourth-order valence-corrected chi connectivity index (χ4v) is 2.39. The summed E-state index contributed by atoms with van der Waals surface area (Å²) in [6.07, 6.45) is 2.69. The fraction of sp³-hybridized carbons (Fsp3) is 0.462. The standard InChI is InChI=1S/C13H18FN3O3S/c1-8(6-7-21-3)16(2)13(18)11-9(14)4-5-10(12(11)15)17(19)20/h4-5,8H,6-7,15H2,1-3H3. The van der Waals surface area contributed by atoms with Crippen LogP contribution in [0.3, 0.4) is 0 Å². The van der Waals surface area contributed by atoms with E-state index in [1.807, 2.05) is 13.2 Å². The number of thioether (sulfide) groups is 1. The number of carbonyl (C=O) groups is 1. The van der Waals surface area contributed by atoms with E-state index in [0.29, 0.717) is 0 Å². The number of hydrogen-bond acceptors (Lipinski definition) is 5. The normalized spacial score (nSPS) is 12.0. The maximum Gasteiger partial charge on any atom is 0.293 e. The number of carbonyl (C=O) groups excluding carboxylic acids is 1. The van der Waals surface area contributed by atoms with E-state index in [2.05, 4.69) is 0 Å². The quantitative estimate of drug-likeness (QED) is 0.495. The highest BCUT2D eigenvalue weighted by Crippen LogP contribution is 2.28. The van der Waals surface area contributed by atoms with E-state index in [-0.39, 0.29) is 6.04 Å². The second-order valence-electron chi connectivity index (χ2n) is 4.66. The summed E-state index contributed by atoms with van der Waals surface area (Å²) < 4.78 is 13.9. The molecule has 0 aromatic heterocycles. The highest BCUT2D eigenvalue weighted by molar-refractivity contribution is 7.98. The fourth-order valence-electron chi connectivity index (χ4n) is 1.82. The van der Waals surface area contributed by atoms with Gasteiger partial charge in [0.05, 0.1) is 4.92 Å². The van der Waals surface area contributed by atoms with E-state index in [4.69, 9.17) is 5.73 Å². The Hall–Kier alpha value is -1.83. The summed E-state index contributed by atoms with van der Waals surface area (Å²) in [5.74, 6) is -0.652. The van der Waals surface area contributed by atoms with Gasteiger partial charge in [0.15, 0.2) is 0 Å². The monoisotopic (exact) mass is 315 g/mol. The first-order valence-electron chi connectivity index (χ1n) is 6.29. The molecule has 1 unspecified atom stereocenters. The molecule has 2 N–H and O–H groups in total. The third-order valence-electron chi connectivity index (χ3n) is 3.30. The van der Waals surface area contributed by atoms with Gasteiger partial charge in [0.2, 0.25) is 0 Å². The molecule has 0 fully saturated rings. The zero-order chi connectivity index (χ0) is 16.2. The van der Waals surface area contributed by atoms with Crippen molar-refractivity contribution >= 4 is 29.0 Å². The van der Waals surface area contributed by atoms with Gasteiger partial charge in [-0.1, -0.05) is 0 Å². The smallest absolute Gasteiger partial charge is 0.293 e. The van der Waals surface area contributed by atoms with Crippen molar-refractivity contribution in [3.8, 4) is 0 Å². The van der Waals surface area contributed by atoms with Gasteiger partial charge in [-0.15, -0.1) is 0 Å². The number of hydrogen-bond donors (Lipinski definition) is 1. The van der Waals surface area contributed by atoms with Crippen molar-refractivity contribution in [2.24, 2.45) is 0 Å². The molecule has 0 saturated heterocycles. The van der Waals surface area contributed by atoms with Gasteiger partial charge < -0.3 is 10.6 Å². The minimum Gasteiger partial charge on any atom is -0.392 e. The van der Waals surface area contributed by atoms with Crippen LogP contribution in [0.4, 0.5) is 15.8 Å². The zero-order valence-electron chi connectivity index (χ0n) is 12.1. The van der Waals surface area contributed by atoms with Crippen molar-refractivity contribution in [1.82, 2.24) is 4.90 Å². The van der Waals surface area contributed by atoms with Gasteiger partial charge in [0, 0.05) is 19.2 Å². The van der Waals surface area contributed by atoms with Crippen molar-refractivity contribution in [2.45, 2.75) is 19.4 Å². The molecule has 1 amide bonds. The summed E-state index contributed by atoms with van der Waals surface area (Å²) in [7, 11) is 1.53. The predicted molar refractivity (Wildman–Crippen MR) is 82.0 cm³/mol. The van der Waals surface area contributed by atoms with Gasteiger partial charge in [-0.2, -0.15) is 11.8 Å². The van der Waals surface area contributed by atoms with Gasteiger partial charge in [-0.3, -0.25) is 14.9 Å². The molecule has 0 heterocycles. The van der Waals surface area contributed by atoms with Crippen molar-refractivity contribution in [3.63, 3.8) is 0 Å². The predicted octanol–water partition coefficient (Wildman–Crippen LogP) is 2.53. The summed E-state index contributed by atoms with van der Waals surface area (Å²) in [6, 6.07) is 1.73. The van der Waals surface area contributed by atoms with Crippen molar-refractivity contribution < 1.29 is 14.1 Å². The van der Waals surface area contributed by atoms with Crippen LogP contribution >= 0.6 is 11.8 Å². The molecule has 116 valence electrons. The van der Waals surface area contributed by atoms with Gasteiger partial charge in [-0.25, -0.2) is 4.39 Å². The molecule has 1 atom stereocenters. The summed E-state index contributed by atoms with van der Waals surface area (Å²) in [5.41, 5.74) is 4.24. The molecule has 21 heavy (non-hydrogen) atoms. The van der Waals surface area contributed by atoms with Gasteiger partial charge in [-0.05, 0) is 31.4 Å². The summed E-state index contributed by atoms with van der Waals surface area (Å²) >= 11 is 1.64. The third kappa shape index (κ3) is 3.84. The zero-order valence-corrected chi connectivity index (χ0v) is 12.9. The van der Waals surface area contributed by atoms with Gasteiger partial charge in [0.1, 0.15) is 17.1 Å². The van der Waals surface area contributed by atoms with Crippen LogP contribution in [-0.4, -0.2) is 40.8 Å². The van der Waals surface area contributed by atoms with Gasteiger partial charge >= 0.3 is 0 Å². The first kappa shape index (κ1) is 17.2. The van der Waals surface area contributed by atoms with Crippen LogP contribution in [0.1, 0.15) is 23.7 Å². The molecule has 0 aliphatic rings. The number of nitro benzene ring substituents is 1. The lowest BCUT2D eigenvalue weighted by atomic mass is 10.1. The molecule has 1 aromatic carbocycles. The van der Waals surface area contributed by atoms with Crippen molar-refractivity contribution in [1.29, 1.82) is 0 Å². The highest BCUT2D eigenvalue weighted by atomic mass is 32.2. The molecular formula is C13H18FN3O3S. The number of nitrogens with two attached hydrogens (primary N) is 1. The minimum absolute atomic E-state index is 0.122. The Morgan fingerprint density at radius 1 is 1.57 bits per heavy atom. The lowest BCUT2D eigenvalue weighted by Crippen LogP contribution is -2.36. The van der Waals surface area contributed by atoms with Crippen LogP contribution in [0.25, 0.3) is 0 Å². The number of nitro groups is 1. The first-order valence-corrected chi connectivity index (χ1v) is 7.69. The second kappa shape index (κ2) is 7.26. The van der Waals surface area contributed by atoms with E-state index in [1.54, 1.807) is 11.8 Å². The number of nitrogen functional groups attached to an aromatic ring is 1. The van der Waals surface area contributed by atoms with Crippen LogP contribution in [0.5, 0.6) is 0 Å². The summed E-state index contributed by atoms with van der Waals surface area (Å²) in [5, 5.41) is 10.8. The summed E-state index contributed by atoms with van der Waals surface area (Å²) in [4.78, 5) is 23.8. The first-order chi connectivity index (χ1) is 9.81. The lowest BCUT2D eigenvalue weighted by Gasteiger charge is -2.25. The topological polar surface area (TPSA) is 89.5 Å². The summed E-state index contributed by atoms with van der Waals surface area (Å²) in [6.45, 7) is 1.83. The molecule has 0 aliphatic carbocycles. The molecule has 0 radical (unpaired) electrons.